The lowest BCUT2D eigenvalue weighted by Crippen LogP contribution is -1.95. The molecule has 0 aromatic heterocycles. The molecule has 0 aliphatic carbocycles. The lowest BCUT2D eigenvalue weighted by molar-refractivity contribution is 0.513. The van der Waals surface area contributed by atoms with E-state index in [0.717, 1.165) is 44.5 Å². The molecule has 1 aliphatic rings. The third-order valence-electron chi connectivity index (χ3n) is 5.04. The first-order valence-corrected chi connectivity index (χ1v) is 12.5. The van der Waals surface area contributed by atoms with Gasteiger partial charge < -0.3 is 9.05 Å². The molecule has 2 nitrogen and oxygen atoms in total. The Morgan fingerprint density at radius 1 is 0.741 bits per heavy atom. The summed E-state index contributed by atoms with van der Waals surface area (Å²) in [6.45, 7) is 4.11. The van der Waals surface area contributed by atoms with E-state index in [0.29, 0.717) is 0 Å². The lowest BCUT2D eigenvalue weighted by atomic mass is 9.89. The molecule has 0 radical (unpaired) electrons. The molecule has 5 rings (SSSR count). The Bertz CT molecular complexity index is 1200. The molecule has 0 saturated heterocycles. The average Bonchev–Trinajstić information content (AvgIpc) is 2.76. The first kappa shape index (κ1) is 17.1. The van der Waals surface area contributed by atoms with Crippen LogP contribution < -0.4 is 9.05 Å². The van der Waals surface area contributed by atoms with Gasteiger partial charge in [0.25, 0.3) is 0 Å². The van der Waals surface area contributed by atoms with Crippen molar-refractivity contribution in [2.45, 2.75) is 13.8 Å². The van der Waals surface area contributed by atoms with E-state index in [9.17, 15) is 0 Å². The predicted molar refractivity (Wildman–Crippen MR) is 121 cm³/mol. The molecule has 0 N–H and O–H groups in total. The van der Waals surface area contributed by atoms with Gasteiger partial charge in [0.15, 0.2) is 0 Å². The molecule has 0 saturated carbocycles. The second-order valence-corrected chi connectivity index (χ2v) is 12.0. The summed E-state index contributed by atoms with van der Waals surface area (Å²) in [5.41, 5.74) is 1.38. The smallest absolute Gasteiger partial charge is 0.345 e. The Hall–Kier alpha value is -2.00. The SMILES string of the molecule is Cc1cc2ccccc2c2c1OP(=S)(S)Oc1c(C)cc3ccccc3c1-2. The van der Waals surface area contributed by atoms with E-state index >= 15 is 0 Å². The molecule has 0 unspecified atom stereocenters. The third-order valence-corrected chi connectivity index (χ3v) is 6.80. The maximum Gasteiger partial charge on any atom is 0.345 e. The molecule has 1 heterocycles. The van der Waals surface area contributed by atoms with Crippen LogP contribution in [0.2, 0.25) is 0 Å². The van der Waals surface area contributed by atoms with Crippen molar-refractivity contribution in [2.24, 2.45) is 0 Å². The standard InChI is InChI=1S/C22H17O2PS2/c1-13-11-15-7-3-5-9-17(15)19-20-18-10-6-4-8-16(18)12-14(2)22(20)24-25(26,27)23-21(13)19/h3-12H,1-2H3,(H,26,27). The van der Waals surface area contributed by atoms with Crippen molar-refractivity contribution >= 4 is 51.3 Å². The topological polar surface area (TPSA) is 18.5 Å². The van der Waals surface area contributed by atoms with Crippen molar-refractivity contribution in [1.29, 1.82) is 0 Å². The molecule has 1 aliphatic heterocycles. The fraction of sp³-hybridized carbons (Fsp3) is 0.0909. The number of thiol groups is 1. The summed E-state index contributed by atoms with van der Waals surface area (Å²) < 4.78 is 12.5. The highest BCUT2D eigenvalue weighted by atomic mass is 32.9. The minimum atomic E-state index is -2.78. The number of aryl methyl sites for hydroxylation is 2. The molecule has 0 bridgehead atoms. The van der Waals surface area contributed by atoms with Crippen molar-refractivity contribution in [2.75, 3.05) is 0 Å². The Balaban J connectivity index is 2.08. The van der Waals surface area contributed by atoms with Crippen LogP contribution in [0.4, 0.5) is 0 Å². The van der Waals surface area contributed by atoms with Crippen LogP contribution >= 0.6 is 17.9 Å². The fourth-order valence-electron chi connectivity index (χ4n) is 3.92. The van der Waals surface area contributed by atoms with Crippen LogP contribution in [-0.4, -0.2) is 0 Å². The van der Waals surface area contributed by atoms with Crippen molar-refractivity contribution < 1.29 is 9.05 Å². The zero-order valence-electron chi connectivity index (χ0n) is 14.9. The molecule has 27 heavy (non-hydrogen) atoms. The van der Waals surface area contributed by atoms with Crippen LogP contribution in [0.3, 0.4) is 0 Å². The molecule has 4 aromatic rings. The van der Waals surface area contributed by atoms with E-state index in [1.165, 1.54) is 10.8 Å². The first-order valence-electron chi connectivity index (χ1n) is 8.72. The summed E-state index contributed by atoms with van der Waals surface area (Å²) >= 11 is 10.2. The van der Waals surface area contributed by atoms with Gasteiger partial charge in [-0.1, -0.05) is 60.8 Å². The van der Waals surface area contributed by atoms with E-state index in [2.05, 4.69) is 86.8 Å². The van der Waals surface area contributed by atoms with Gasteiger partial charge in [0.2, 0.25) is 0 Å². The van der Waals surface area contributed by atoms with Crippen LogP contribution in [0.15, 0.2) is 60.7 Å². The van der Waals surface area contributed by atoms with E-state index in [-0.39, 0.29) is 0 Å². The van der Waals surface area contributed by atoms with Gasteiger partial charge >= 0.3 is 5.69 Å². The van der Waals surface area contributed by atoms with Gasteiger partial charge in [-0.15, -0.1) is 0 Å². The van der Waals surface area contributed by atoms with E-state index in [4.69, 9.17) is 20.9 Å². The number of rotatable bonds is 0. The quantitative estimate of drug-likeness (QED) is 0.245. The number of fused-ring (bicyclic) bond motifs is 7. The molecular formula is C22H17O2PS2. The molecule has 134 valence electrons. The van der Waals surface area contributed by atoms with Crippen molar-refractivity contribution in [3.05, 3.63) is 71.8 Å². The van der Waals surface area contributed by atoms with Crippen LogP contribution in [0.5, 0.6) is 11.5 Å². The van der Waals surface area contributed by atoms with E-state index in [1.54, 1.807) is 0 Å². The molecule has 4 aromatic carbocycles. The van der Waals surface area contributed by atoms with Crippen molar-refractivity contribution in [3.63, 3.8) is 0 Å². The second kappa shape index (κ2) is 6.00. The Kier molecular flexibility index (Phi) is 3.80. The summed E-state index contributed by atoms with van der Waals surface area (Å²) in [7, 11) is 0. The maximum atomic E-state index is 6.24. The largest absolute Gasteiger partial charge is 0.427 e. The molecule has 0 amide bonds. The zero-order valence-corrected chi connectivity index (χ0v) is 17.5. The highest BCUT2D eigenvalue weighted by Crippen LogP contribution is 2.62. The van der Waals surface area contributed by atoms with Crippen LogP contribution in [0, 0.1) is 13.8 Å². The van der Waals surface area contributed by atoms with Gasteiger partial charge in [-0.3, -0.25) is 0 Å². The van der Waals surface area contributed by atoms with E-state index in [1.807, 2.05) is 0 Å². The molecular weight excluding hydrogens is 391 g/mol. The van der Waals surface area contributed by atoms with E-state index < -0.39 is 5.69 Å². The zero-order chi connectivity index (χ0) is 18.8. The molecule has 0 atom stereocenters. The van der Waals surface area contributed by atoms with Gasteiger partial charge in [-0.2, -0.15) is 0 Å². The predicted octanol–water partition coefficient (Wildman–Crippen LogP) is 7.20. The lowest BCUT2D eigenvalue weighted by Gasteiger charge is -2.18. The number of benzene rings is 4. The summed E-state index contributed by atoms with van der Waals surface area (Å²) in [6, 6.07) is 21.0. The number of hydrogen-bond donors (Lipinski definition) is 1. The monoisotopic (exact) mass is 408 g/mol. The van der Waals surface area contributed by atoms with Gasteiger partial charge in [0.1, 0.15) is 11.5 Å². The van der Waals surface area contributed by atoms with Crippen LogP contribution in [0.1, 0.15) is 11.1 Å². The van der Waals surface area contributed by atoms with Gasteiger partial charge in [-0.25, -0.2) is 0 Å². The Labute approximate surface area is 168 Å². The molecule has 0 fully saturated rings. The van der Waals surface area contributed by atoms with Crippen molar-refractivity contribution in [1.82, 2.24) is 0 Å². The van der Waals surface area contributed by atoms with Crippen molar-refractivity contribution in [3.8, 4) is 22.6 Å². The summed E-state index contributed by atoms with van der Waals surface area (Å²) in [5, 5.41) is 4.60. The first-order chi connectivity index (χ1) is 12.9. The maximum absolute atomic E-state index is 6.24. The fourth-order valence-corrected chi connectivity index (χ4v) is 5.83. The Morgan fingerprint density at radius 3 is 1.59 bits per heavy atom. The van der Waals surface area contributed by atoms with Gasteiger partial charge in [0, 0.05) is 11.1 Å². The number of hydrogen-bond acceptors (Lipinski definition) is 3. The summed E-state index contributed by atoms with van der Waals surface area (Å²) in [6.07, 6.45) is 0. The third kappa shape index (κ3) is 2.67. The summed E-state index contributed by atoms with van der Waals surface area (Å²) in [5.74, 6) is 1.56. The minimum absolute atomic E-state index is 0.779. The van der Waals surface area contributed by atoms with Gasteiger partial charge in [0.05, 0.1) is 0 Å². The highest BCUT2D eigenvalue weighted by Gasteiger charge is 2.31. The molecule has 0 spiro atoms. The van der Waals surface area contributed by atoms with Gasteiger partial charge in [-0.05, 0) is 70.5 Å². The Morgan fingerprint density at radius 2 is 1.15 bits per heavy atom. The van der Waals surface area contributed by atoms with Crippen LogP contribution in [-0.2, 0) is 11.8 Å². The van der Waals surface area contributed by atoms with Crippen LogP contribution in [0.25, 0.3) is 32.7 Å². The summed E-state index contributed by atoms with van der Waals surface area (Å²) in [4.78, 5) is 0. The normalized spacial score (nSPS) is 14.8. The second-order valence-electron chi connectivity index (χ2n) is 6.89. The highest BCUT2D eigenvalue weighted by molar-refractivity contribution is 8.60. The average molecular weight is 408 g/mol. The minimum Gasteiger partial charge on any atom is -0.427 e. The molecule has 5 heteroatoms.